The van der Waals surface area contributed by atoms with Crippen molar-refractivity contribution in [2.45, 2.75) is 23.8 Å². The zero-order valence-electron chi connectivity index (χ0n) is 13.8. The van der Waals surface area contributed by atoms with Crippen LogP contribution in [0.15, 0.2) is 24.3 Å². The number of hydrogen-bond acceptors (Lipinski definition) is 5. The van der Waals surface area contributed by atoms with Crippen molar-refractivity contribution in [3.63, 3.8) is 0 Å². The minimum atomic E-state index is -3.58. The van der Waals surface area contributed by atoms with E-state index in [2.05, 4.69) is 5.32 Å². The van der Waals surface area contributed by atoms with Crippen LogP contribution in [-0.4, -0.2) is 58.2 Å². The number of sulfonamides is 1. The van der Waals surface area contributed by atoms with Gasteiger partial charge in [0.1, 0.15) is 5.75 Å². The smallest absolute Gasteiger partial charge is 0.234 e. The molecule has 0 radical (unpaired) electrons. The Morgan fingerprint density at radius 3 is 2.44 bits per heavy atom. The third-order valence-corrected chi connectivity index (χ3v) is 8.39. The molecule has 1 heterocycles. The number of nitrogens with zero attached hydrogens (tertiary/aromatic N) is 1. The summed E-state index contributed by atoms with van der Waals surface area (Å²) in [6, 6.07) is 6.63. The van der Waals surface area contributed by atoms with Gasteiger partial charge in [-0.2, -0.15) is 0 Å². The maximum Gasteiger partial charge on any atom is 0.234 e. The molecule has 140 valence electrons. The van der Waals surface area contributed by atoms with Crippen LogP contribution in [0.5, 0.6) is 0 Å². The molecular formula is C15H21ClN2O5S2. The molecule has 0 bridgehead atoms. The lowest BCUT2D eigenvalue weighted by Gasteiger charge is -2.30. The second-order valence-corrected chi connectivity index (χ2v) is 10.7. The average Bonchev–Trinajstić information content (AvgIpc) is 2.54. The number of carbonyl (C=O) groups is 1. The quantitative estimate of drug-likeness (QED) is 0.750. The van der Waals surface area contributed by atoms with Crippen LogP contribution in [0.4, 0.5) is 0 Å². The number of benzene rings is 1. The topological polar surface area (TPSA) is 101 Å². The van der Waals surface area contributed by atoms with E-state index in [0.29, 0.717) is 10.6 Å². The summed E-state index contributed by atoms with van der Waals surface area (Å²) in [7, 11) is -5.75. The van der Waals surface area contributed by atoms with Crippen molar-refractivity contribution < 1.29 is 21.6 Å². The first-order chi connectivity index (χ1) is 11.6. The van der Waals surface area contributed by atoms with E-state index in [-0.39, 0.29) is 31.7 Å². The van der Waals surface area contributed by atoms with E-state index >= 15 is 0 Å². The summed E-state index contributed by atoms with van der Waals surface area (Å²) in [6.07, 6.45) is 0.377. The molecule has 1 aliphatic heterocycles. The molecule has 1 fully saturated rings. The minimum Gasteiger partial charge on any atom is -0.358 e. The third-order valence-electron chi connectivity index (χ3n) is 4.15. The van der Waals surface area contributed by atoms with Crippen LogP contribution in [0.2, 0.25) is 5.02 Å². The Morgan fingerprint density at radius 2 is 1.88 bits per heavy atom. The highest BCUT2D eigenvalue weighted by atomic mass is 35.5. The Balaban J connectivity index is 2.00. The lowest BCUT2D eigenvalue weighted by atomic mass is 10.2. The van der Waals surface area contributed by atoms with Crippen LogP contribution in [0.3, 0.4) is 0 Å². The lowest BCUT2D eigenvalue weighted by molar-refractivity contribution is -0.118. The summed E-state index contributed by atoms with van der Waals surface area (Å²) in [5.41, 5.74) is 0.585. The number of nitrogens with one attached hydrogen (secondary N) is 1. The molecule has 25 heavy (non-hydrogen) atoms. The summed E-state index contributed by atoms with van der Waals surface area (Å²) >= 11 is 5.87. The summed E-state index contributed by atoms with van der Waals surface area (Å²) in [5, 5.41) is 2.06. The summed E-state index contributed by atoms with van der Waals surface area (Å²) in [4.78, 5) is 11.3. The van der Waals surface area contributed by atoms with Crippen LogP contribution in [-0.2, 0) is 30.4 Å². The standard InChI is InChI=1S/C15H21ClN2O5S2/c1-17-15(19)11-24(20,21)14-5-7-18(8-6-14)25(22,23)10-12-3-2-4-13(16)9-12/h2-4,9,14H,5-8,10-11H2,1H3,(H,17,19). The van der Waals surface area contributed by atoms with Crippen LogP contribution in [0.25, 0.3) is 0 Å². The number of amides is 1. The van der Waals surface area contributed by atoms with Crippen molar-refractivity contribution in [3.8, 4) is 0 Å². The van der Waals surface area contributed by atoms with E-state index in [1.165, 1.54) is 11.4 Å². The van der Waals surface area contributed by atoms with Gasteiger partial charge in [0.2, 0.25) is 15.9 Å². The minimum absolute atomic E-state index is 0.126. The number of hydrogen-bond donors (Lipinski definition) is 1. The van der Waals surface area contributed by atoms with Gasteiger partial charge in [0.15, 0.2) is 9.84 Å². The van der Waals surface area contributed by atoms with E-state index < -0.39 is 36.8 Å². The second-order valence-electron chi connectivity index (χ2n) is 5.96. The van der Waals surface area contributed by atoms with E-state index in [1.54, 1.807) is 24.3 Å². The molecule has 1 N–H and O–H groups in total. The highest BCUT2D eigenvalue weighted by molar-refractivity contribution is 7.92. The summed E-state index contributed by atoms with van der Waals surface area (Å²) in [6.45, 7) is 0.251. The number of halogens is 1. The molecule has 2 rings (SSSR count). The molecule has 0 unspecified atom stereocenters. The molecule has 7 nitrogen and oxygen atoms in total. The van der Waals surface area contributed by atoms with Crippen LogP contribution < -0.4 is 5.32 Å². The molecule has 1 aliphatic rings. The molecule has 1 amide bonds. The number of sulfone groups is 1. The second kappa shape index (κ2) is 8.03. The van der Waals surface area contributed by atoms with Gasteiger partial charge in [0.05, 0.1) is 11.0 Å². The Bertz CT molecular complexity index is 831. The molecule has 0 aliphatic carbocycles. The Hall–Kier alpha value is -1.16. The molecule has 0 aromatic heterocycles. The fourth-order valence-corrected chi connectivity index (χ4v) is 6.21. The predicted molar refractivity (Wildman–Crippen MR) is 96.5 cm³/mol. The average molecular weight is 409 g/mol. The number of rotatable bonds is 6. The van der Waals surface area contributed by atoms with Gasteiger partial charge in [-0.15, -0.1) is 0 Å². The molecular weight excluding hydrogens is 388 g/mol. The van der Waals surface area contributed by atoms with Crippen molar-refractivity contribution >= 4 is 37.4 Å². The molecule has 1 aromatic rings. The largest absolute Gasteiger partial charge is 0.358 e. The molecule has 0 atom stereocenters. The van der Waals surface area contributed by atoms with Gasteiger partial charge in [-0.3, -0.25) is 4.79 Å². The van der Waals surface area contributed by atoms with Crippen molar-refractivity contribution in [2.24, 2.45) is 0 Å². The number of carbonyl (C=O) groups excluding carboxylic acids is 1. The van der Waals surface area contributed by atoms with E-state index in [1.807, 2.05) is 0 Å². The summed E-state index contributed by atoms with van der Waals surface area (Å²) in [5.74, 6) is -1.30. The molecule has 0 spiro atoms. The molecule has 1 saturated heterocycles. The van der Waals surface area contributed by atoms with E-state index in [4.69, 9.17) is 11.6 Å². The summed E-state index contributed by atoms with van der Waals surface area (Å²) < 4.78 is 50.7. The molecule has 1 aromatic carbocycles. The third kappa shape index (κ3) is 5.40. The van der Waals surface area contributed by atoms with Crippen LogP contribution in [0.1, 0.15) is 18.4 Å². The highest BCUT2D eigenvalue weighted by Crippen LogP contribution is 2.23. The zero-order chi connectivity index (χ0) is 18.7. The predicted octanol–water partition coefficient (Wildman–Crippen LogP) is 0.795. The molecule has 0 saturated carbocycles. The van der Waals surface area contributed by atoms with Gasteiger partial charge in [-0.05, 0) is 30.5 Å². The van der Waals surface area contributed by atoms with Crippen molar-refractivity contribution in [3.05, 3.63) is 34.9 Å². The van der Waals surface area contributed by atoms with Gasteiger partial charge in [-0.1, -0.05) is 23.7 Å². The fourth-order valence-electron chi connectivity index (χ4n) is 2.77. The van der Waals surface area contributed by atoms with Crippen molar-refractivity contribution in [1.82, 2.24) is 9.62 Å². The Kier molecular flexibility index (Phi) is 6.47. The SMILES string of the molecule is CNC(=O)CS(=O)(=O)C1CCN(S(=O)(=O)Cc2cccc(Cl)c2)CC1. The first kappa shape index (κ1) is 20.2. The van der Waals surface area contributed by atoms with Crippen LogP contribution >= 0.6 is 11.6 Å². The maximum atomic E-state index is 12.5. The highest BCUT2D eigenvalue weighted by Gasteiger charge is 2.35. The first-order valence-corrected chi connectivity index (χ1v) is 11.5. The number of piperidine rings is 1. The lowest BCUT2D eigenvalue weighted by Crippen LogP contribution is -2.44. The van der Waals surface area contributed by atoms with Gasteiger partial charge in [0.25, 0.3) is 0 Å². The van der Waals surface area contributed by atoms with Gasteiger partial charge >= 0.3 is 0 Å². The Labute approximate surface area is 153 Å². The van der Waals surface area contributed by atoms with Gasteiger partial charge in [0, 0.05) is 25.2 Å². The monoisotopic (exact) mass is 408 g/mol. The fraction of sp³-hybridized carbons (Fsp3) is 0.533. The van der Waals surface area contributed by atoms with Crippen molar-refractivity contribution in [2.75, 3.05) is 25.9 Å². The van der Waals surface area contributed by atoms with Crippen molar-refractivity contribution in [1.29, 1.82) is 0 Å². The van der Waals surface area contributed by atoms with Gasteiger partial charge in [-0.25, -0.2) is 21.1 Å². The van der Waals surface area contributed by atoms with Crippen LogP contribution in [0, 0.1) is 0 Å². The Morgan fingerprint density at radius 1 is 1.24 bits per heavy atom. The van der Waals surface area contributed by atoms with E-state index in [9.17, 15) is 21.6 Å². The first-order valence-electron chi connectivity index (χ1n) is 7.78. The zero-order valence-corrected chi connectivity index (χ0v) is 16.2. The van der Waals surface area contributed by atoms with Gasteiger partial charge < -0.3 is 5.32 Å². The normalized spacial score (nSPS) is 17.4. The van der Waals surface area contributed by atoms with E-state index in [0.717, 1.165) is 0 Å². The molecule has 10 heteroatoms. The maximum absolute atomic E-state index is 12.5.